The minimum absolute atomic E-state index is 0.330. The number of ether oxygens (including phenoxy) is 1. The Bertz CT molecular complexity index is 394. The summed E-state index contributed by atoms with van der Waals surface area (Å²) in [6.07, 6.45) is -0.469. The van der Waals surface area contributed by atoms with Gasteiger partial charge >= 0.3 is 0 Å². The smallest absolute Gasteiger partial charge is 0.119 e. The molecule has 4 nitrogen and oxygen atoms in total. The largest absolute Gasteiger partial charge is 0.491 e. The fourth-order valence-corrected chi connectivity index (χ4v) is 3.20. The Balaban J connectivity index is 1.52. The van der Waals surface area contributed by atoms with Crippen molar-refractivity contribution in [3.05, 3.63) is 29.8 Å². The summed E-state index contributed by atoms with van der Waals surface area (Å²) in [5.74, 6) is 3.30. The summed E-state index contributed by atoms with van der Waals surface area (Å²) in [4.78, 5) is 2.47. The van der Waals surface area contributed by atoms with Gasteiger partial charge in [-0.15, -0.1) is 0 Å². The summed E-state index contributed by atoms with van der Waals surface area (Å²) in [7, 11) is 0. The first-order valence-corrected chi connectivity index (χ1v) is 8.78. The van der Waals surface area contributed by atoms with Crippen LogP contribution in [-0.4, -0.2) is 66.9 Å². The lowest BCUT2D eigenvalue weighted by atomic mass is 10.2. The van der Waals surface area contributed by atoms with Crippen molar-refractivity contribution in [3.63, 3.8) is 0 Å². The molecule has 0 spiro atoms. The number of hydrogen-bond donors (Lipinski definition) is 2. The van der Waals surface area contributed by atoms with Crippen LogP contribution in [0.1, 0.15) is 5.56 Å². The van der Waals surface area contributed by atoms with Crippen molar-refractivity contribution in [2.75, 3.05) is 50.8 Å². The maximum Gasteiger partial charge on any atom is 0.119 e. The monoisotopic (exact) mass is 310 g/mol. The van der Waals surface area contributed by atoms with Crippen LogP contribution in [0.5, 0.6) is 5.75 Å². The zero-order valence-corrected chi connectivity index (χ0v) is 13.6. The molecule has 0 aromatic heterocycles. The Kier molecular flexibility index (Phi) is 7.36. The van der Waals surface area contributed by atoms with Crippen molar-refractivity contribution >= 4 is 11.8 Å². The third kappa shape index (κ3) is 6.70. The first-order valence-electron chi connectivity index (χ1n) is 7.62. The number of nitrogens with zero attached hydrogens (tertiary/aromatic N) is 1. The molecule has 5 heteroatoms. The predicted molar refractivity (Wildman–Crippen MR) is 89.3 cm³/mol. The predicted octanol–water partition coefficient (Wildman–Crippen LogP) is 1.37. The van der Waals surface area contributed by atoms with Gasteiger partial charge in [-0.05, 0) is 19.1 Å². The highest BCUT2D eigenvalue weighted by Crippen LogP contribution is 2.11. The van der Waals surface area contributed by atoms with Gasteiger partial charge in [0.15, 0.2) is 0 Å². The molecule has 0 aliphatic carbocycles. The average molecular weight is 310 g/mol. The normalized spacial score (nSPS) is 17.6. The van der Waals surface area contributed by atoms with Gasteiger partial charge in [-0.3, -0.25) is 0 Å². The highest BCUT2D eigenvalue weighted by Gasteiger charge is 2.10. The Morgan fingerprint density at radius 1 is 1.29 bits per heavy atom. The molecule has 1 aliphatic rings. The van der Waals surface area contributed by atoms with Crippen LogP contribution in [0, 0.1) is 6.92 Å². The maximum atomic E-state index is 9.90. The van der Waals surface area contributed by atoms with Crippen molar-refractivity contribution < 1.29 is 9.84 Å². The summed E-state index contributed by atoms with van der Waals surface area (Å²) in [6.45, 7) is 7.31. The van der Waals surface area contributed by atoms with Gasteiger partial charge in [0.2, 0.25) is 0 Å². The summed E-state index contributed by atoms with van der Waals surface area (Å²) in [6, 6.07) is 7.89. The minimum Gasteiger partial charge on any atom is -0.491 e. The second-order valence-electron chi connectivity index (χ2n) is 5.44. The number of aliphatic hydroxyl groups is 1. The van der Waals surface area contributed by atoms with Gasteiger partial charge in [0.25, 0.3) is 0 Å². The van der Waals surface area contributed by atoms with Crippen LogP contribution in [0.15, 0.2) is 24.3 Å². The SMILES string of the molecule is Cc1ccc(OCC(O)CNCCN2CCSCC2)cc1. The number of aryl methyl sites for hydroxylation is 1. The number of nitrogens with one attached hydrogen (secondary N) is 1. The second-order valence-corrected chi connectivity index (χ2v) is 6.66. The van der Waals surface area contributed by atoms with E-state index in [1.165, 1.54) is 30.2 Å². The van der Waals surface area contributed by atoms with Gasteiger partial charge in [0.1, 0.15) is 18.5 Å². The summed E-state index contributed by atoms with van der Waals surface area (Å²) in [5.41, 5.74) is 1.21. The maximum absolute atomic E-state index is 9.90. The molecule has 1 aromatic rings. The number of thioether (sulfide) groups is 1. The van der Waals surface area contributed by atoms with Crippen LogP contribution in [-0.2, 0) is 0 Å². The fraction of sp³-hybridized carbons (Fsp3) is 0.625. The number of rotatable bonds is 8. The molecule has 1 aliphatic heterocycles. The van der Waals surface area contributed by atoms with Gasteiger partial charge in [-0.2, -0.15) is 11.8 Å². The molecule has 118 valence electrons. The van der Waals surface area contributed by atoms with Crippen LogP contribution in [0.3, 0.4) is 0 Å². The van der Waals surface area contributed by atoms with Gasteiger partial charge in [-0.25, -0.2) is 0 Å². The van der Waals surface area contributed by atoms with E-state index < -0.39 is 6.10 Å². The van der Waals surface area contributed by atoms with Crippen LogP contribution in [0.2, 0.25) is 0 Å². The molecule has 2 rings (SSSR count). The van der Waals surface area contributed by atoms with Crippen molar-refractivity contribution in [1.82, 2.24) is 10.2 Å². The highest BCUT2D eigenvalue weighted by atomic mass is 32.2. The zero-order valence-electron chi connectivity index (χ0n) is 12.8. The van der Waals surface area contributed by atoms with Crippen LogP contribution in [0.25, 0.3) is 0 Å². The lowest BCUT2D eigenvalue weighted by Gasteiger charge is -2.26. The van der Waals surface area contributed by atoms with Gasteiger partial charge in [0, 0.05) is 44.2 Å². The topological polar surface area (TPSA) is 44.7 Å². The Morgan fingerprint density at radius 3 is 2.71 bits per heavy atom. The molecule has 0 amide bonds. The zero-order chi connectivity index (χ0) is 14.9. The molecule has 0 bridgehead atoms. The second kappa shape index (κ2) is 9.30. The molecule has 0 saturated carbocycles. The molecular formula is C16H26N2O2S. The Morgan fingerprint density at radius 2 is 2.00 bits per heavy atom. The number of benzene rings is 1. The molecule has 1 saturated heterocycles. The van der Waals surface area contributed by atoms with Gasteiger partial charge < -0.3 is 20.1 Å². The first kappa shape index (κ1) is 16.6. The molecule has 0 radical (unpaired) electrons. The molecule has 1 unspecified atom stereocenters. The standard InChI is InChI=1S/C16H26N2O2S/c1-14-2-4-16(5-3-14)20-13-15(19)12-17-6-7-18-8-10-21-11-9-18/h2-5,15,17,19H,6-13H2,1H3. The highest BCUT2D eigenvalue weighted by molar-refractivity contribution is 7.99. The van der Waals surface area contributed by atoms with E-state index in [4.69, 9.17) is 4.74 Å². The van der Waals surface area contributed by atoms with E-state index in [0.717, 1.165) is 18.8 Å². The summed E-state index contributed by atoms with van der Waals surface area (Å²) >= 11 is 2.03. The van der Waals surface area contributed by atoms with Crippen LogP contribution in [0.4, 0.5) is 0 Å². The van der Waals surface area contributed by atoms with E-state index in [1.807, 2.05) is 43.0 Å². The van der Waals surface area contributed by atoms with Crippen molar-refractivity contribution in [2.24, 2.45) is 0 Å². The van der Waals surface area contributed by atoms with Crippen molar-refractivity contribution in [1.29, 1.82) is 0 Å². The van der Waals surface area contributed by atoms with Crippen LogP contribution >= 0.6 is 11.8 Å². The number of aliphatic hydroxyl groups excluding tert-OH is 1. The molecule has 1 heterocycles. The molecule has 2 N–H and O–H groups in total. The molecular weight excluding hydrogens is 284 g/mol. The lowest BCUT2D eigenvalue weighted by molar-refractivity contribution is 0.106. The Hall–Kier alpha value is -0.750. The van der Waals surface area contributed by atoms with E-state index >= 15 is 0 Å². The summed E-state index contributed by atoms with van der Waals surface area (Å²) in [5, 5.41) is 13.2. The minimum atomic E-state index is -0.469. The molecule has 1 aromatic carbocycles. The van der Waals surface area contributed by atoms with Crippen LogP contribution < -0.4 is 10.1 Å². The Labute approximate surface area is 131 Å². The quantitative estimate of drug-likeness (QED) is 0.710. The van der Waals surface area contributed by atoms with E-state index in [9.17, 15) is 5.11 Å². The number of hydrogen-bond acceptors (Lipinski definition) is 5. The lowest BCUT2D eigenvalue weighted by Crippen LogP contribution is -2.40. The third-order valence-electron chi connectivity index (χ3n) is 3.55. The van der Waals surface area contributed by atoms with E-state index in [1.54, 1.807) is 0 Å². The van der Waals surface area contributed by atoms with E-state index in [0.29, 0.717) is 13.2 Å². The molecule has 1 fully saturated rings. The van der Waals surface area contributed by atoms with E-state index in [2.05, 4.69) is 10.2 Å². The van der Waals surface area contributed by atoms with Crippen molar-refractivity contribution in [2.45, 2.75) is 13.0 Å². The van der Waals surface area contributed by atoms with Gasteiger partial charge in [-0.1, -0.05) is 17.7 Å². The summed E-state index contributed by atoms with van der Waals surface area (Å²) < 4.78 is 5.57. The van der Waals surface area contributed by atoms with Gasteiger partial charge in [0.05, 0.1) is 0 Å². The molecule has 1 atom stereocenters. The van der Waals surface area contributed by atoms with Crippen molar-refractivity contribution in [3.8, 4) is 5.75 Å². The van der Waals surface area contributed by atoms with E-state index in [-0.39, 0.29) is 0 Å². The first-order chi connectivity index (χ1) is 10.2. The molecule has 21 heavy (non-hydrogen) atoms. The fourth-order valence-electron chi connectivity index (χ4n) is 2.22. The average Bonchev–Trinajstić information content (AvgIpc) is 2.52. The third-order valence-corrected chi connectivity index (χ3v) is 4.49.